The number of carbonyl (C=O) groups is 1. The van der Waals surface area contributed by atoms with Crippen LogP contribution < -0.4 is 0 Å². The van der Waals surface area contributed by atoms with Crippen molar-refractivity contribution in [2.45, 2.75) is 25.8 Å². The van der Waals surface area contributed by atoms with Crippen molar-refractivity contribution in [1.29, 1.82) is 0 Å². The van der Waals surface area contributed by atoms with E-state index in [1.54, 1.807) is 0 Å². The number of carbonyl (C=O) groups excluding carboxylic acids is 1. The Kier molecular flexibility index (Phi) is 2.98. The molecule has 1 aliphatic carbocycles. The summed E-state index contributed by atoms with van der Waals surface area (Å²) in [5, 5.41) is 0. The van der Waals surface area contributed by atoms with Gasteiger partial charge < -0.3 is 0 Å². The molecule has 2 fully saturated rings. The second-order valence-electron chi connectivity index (χ2n) is 5.40. The highest BCUT2D eigenvalue weighted by Gasteiger charge is 2.38. The Morgan fingerprint density at radius 2 is 2.00 bits per heavy atom. The monoisotopic (exact) mass is 229 g/mol. The van der Waals surface area contributed by atoms with Crippen molar-refractivity contribution in [3.8, 4) is 0 Å². The minimum absolute atomic E-state index is 0.340. The minimum Gasteiger partial charge on any atom is -0.299 e. The molecule has 1 aliphatic heterocycles. The first-order chi connectivity index (χ1) is 8.33. The first kappa shape index (κ1) is 11.0. The van der Waals surface area contributed by atoms with Gasteiger partial charge in [0.25, 0.3) is 0 Å². The molecule has 2 aliphatic rings. The molecule has 1 saturated carbocycles. The van der Waals surface area contributed by atoms with Crippen LogP contribution in [0, 0.1) is 11.8 Å². The lowest BCUT2D eigenvalue weighted by Crippen LogP contribution is -2.27. The Morgan fingerprint density at radius 3 is 2.76 bits per heavy atom. The molecule has 2 atom stereocenters. The summed E-state index contributed by atoms with van der Waals surface area (Å²) in [7, 11) is 0. The fourth-order valence-electron chi connectivity index (χ4n) is 3.31. The van der Waals surface area contributed by atoms with Gasteiger partial charge in [0.1, 0.15) is 5.78 Å². The third-order valence-electron chi connectivity index (χ3n) is 4.18. The highest BCUT2D eigenvalue weighted by atomic mass is 16.1. The standard InChI is InChI=1S/C15H19NO/c17-15-8-4-7-13-10-16(11-14(13)15)9-12-5-2-1-3-6-12/h1-3,5-6,13-14H,4,7-11H2/t13-,14-/m1/s1. The molecule has 0 radical (unpaired) electrons. The van der Waals surface area contributed by atoms with Crippen molar-refractivity contribution in [3.05, 3.63) is 35.9 Å². The molecule has 17 heavy (non-hydrogen) atoms. The minimum atomic E-state index is 0.340. The molecule has 0 aromatic heterocycles. The third kappa shape index (κ3) is 2.27. The quantitative estimate of drug-likeness (QED) is 0.776. The van der Waals surface area contributed by atoms with E-state index in [1.165, 1.54) is 12.0 Å². The summed E-state index contributed by atoms with van der Waals surface area (Å²) in [4.78, 5) is 14.3. The van der Waals surface area contributed by atoms with Gasteiger partial charge in [-0.15, -0.1) is 0 Å². The van der Waals surface area contributed by atoms with E-state index >= 15 is 0 Å². The number of Topliss-reactive ketones (excluding diaryl/α,β-unsaturated/α-hetero) is 1. The number of likely N-dealkylation sites (tertiary alicyclic amines) is 1. The van der Waals surface area contributed by atoms with Gasteiger partial charge in [-0.1, -0.05) is 30.3 Å². The van der Waals surface area contributed by atoms with E-state index in [1.807, 2.05) is 0 Å². The van der Waals surface area contributed by atoms with E-state index in [2.05, 4.69) is 35.2 Å². The zero-order valence-corrected chi connectivity index (χ0v) is 10.1. The molecule has 90 valence electrons. The van der Waals surface area contributed by atoms with E-state index in [-0.39, 0.29) is 0 Å². The fourth-order valence-corrected chi connectivity index (χ4v) is 3.31. The van der Waals surface area contributed by atoms with Gasteiger partial charge in [0.05, 0.1) is 0 Å². The van der Waals surface area contributed by atoms with Crippen LogP contribution in [0.2, 0.25) is 0 Å². The number of hydrogen-bond donors (Lipinski definition) is 0. The highest BCUT2D eigenvalue weighted by Crippen LogP contribution is 2.34. The van der Waals surface area contributed by atoms with Crippen LogP contribution in [0.3, 0.4) is 0 Å². The molecule has 1 aromatic carbocycles. The molecular weight excluding hydrogens is 210 g/mol. The number of fused-ring (bicyclic) bond motifs is 1. The summed E-state index contributed by atoms with van der Waals surface area (Å²) in [6.45, 7) is 3.10. The van der Waals surface area contributed by atoms with Crippen LogP contribution in [0.25, 0.3) is 0 Å². The van der Waals surface area contributed by atoms with Gasteiger partial charge in [0.15, 0.2) is 0 Å². The van der Waals surface area contributed by atoms with Gasteiger partial charge in [-0.25, -0.2) is 0 Å². The fraction of sp³-hybridized carbons (Fsp3) is 0.533. The van der Waals surface area contributed by atoms with E-state index in [0.29, 0.717) is 17.6 Å². The second-order valence-corrected chi connectivity index (χ2v) is 5.40. The van der Waals surface area contributed by atoms with Crippen LogP contribution in [-0.2, 0) is 11.3 Å². The van der Waals surface area contributed by atoms with Gasteiger partial charge in [0.2, 0.25) is 0 Å². The van der Waals surface area contributed by atoms with Gasteiger partial charge in [-0.05, 0) is 24.3 Å². The number of rotatable bonds is 2. The maximum absolute atomic E-state index is 11.8. The van der Waals surface area contributed by atoms with E-state index in [0.717, 1.165) is 32.5 Å². The summed E-state index contributed by atoms with van der Waals surface area (Å²) in [5.41, 5.74) is 1.36. The van der Waals surface area contributed by atoms with Crippen molar-refractivity contribution in [2.24, 2.45) is 11.8 Å². The molecule has 0 amide bonds. The van der Waals surface area contributed by atoms with Crippen molar-refractivity contribution in [2.75, 3.05) is 13.1 Å². The molecule has 3 rings (SSSR count). The maximum atomic E-state index is 11.8. The second kappa shape index (κ2) is 4.61. The zero-order chi connectivity index (χ0) is 11.7. The average molecular weight is 229 g/mol. The smallest absolute Gasteiger partial charge is 0.137 e. The summed E-state index contributed by atoms with van der Waals surface area (Å²) < 4.78 is 0. The summed E-state index contributed by atoms with van der Waals surface area (Å²) in [5.74, 6) is 1.49. The highest BCUT2D eigenvalue weighted by molar-refractivity contribution is 5.82. The van der Waals surface area contributed by atoms with Crippen LogP contribution >= 0.6 is 0 Å². The van der Waals surface area contributed by atoms with Gasteiger partial charge in [0, 0.05) is 32.0 Å². The topological polar surface area (TPSA) is 20.3 Å². The van der Waals surface area contributed by atoms with E-state index in [4.69, 9.17) is 0 Å². The Morgan fingerprint density at radius 1 is 1.18 bits per heavy atom. The van der Waals surface area contributed by atoms with Crippen LogP contribution in [0.4, 0.5) is 0 Å². The third-order valence-corrected chi connectivity index (χ3v) is 4.18. The SMILES string of the molecule is O=C1CCC[C@@H]2CN(Cc3ccccc3)C[C@@H]12. The predicted molar refractivity (Wildman–Crippen MR) is 67.6 cm³/mol. The Bertz CT molecular complexity index is 401. The first-order valence-electron chi connectivity index (χ1n) is 6.62. The maximum Gasteiger partial charge on any atom is 0.137 e. The van der Waals surface area contributed by atoms with Crippen LogP contribution in [0.15, 0.2) is 30.3 Å². The number of hydrogen-bond acceptors (Lipinski definition) is 2. The first-order valence-corrected chi connectivity index (χ1v) is 6.62. The Balaban J connectivity index is 1.66. The number of benzene rings is 1. The molecular formula is C15H19NO. The molecule has 1 saturated heterocycles. The Labute approximate surface area is 103 Å². The van der Waals surface area contributed by atoms with Gasteiger partial charge in [-0.2, -0.15) is 0 Å². The van der Waals surface area contributed by atoms with E-state index < -0.39 is 0 Å². The molecule has 1 aromatic rings. The molecule has 1 heterocycles. The Hall–Kier alpha value is -1.15. The van der Waals surface area contributed by atoms with Crippen LogP contribution in [-0.4, -0.2) is 23.8 Å². The lowest BCUT2D eigenvalue weighted by atomic mass is 9.81. The average Bonchev–Trinajstić information content (AvgIpc) is 2.74. The van der Waals surface area contributed by atoms with Crippen molar-refractivity contribution < 1.29 is 4.79 Å². The largest absolute Gasteiger partial charge is 0.299 e. The number of ketones is 1. The van der Waals surface area contributed by atoms with Crippen LogP contribution in [0.5, 0.6) is 0 Å². The lowest BCUT2D eigenvalue weighted by molar-refractivity contribution is -0.125. The normalized spacial score (nSPS) is 29.3. The van der Waals surface area contributed by atoms with Crippen molar-refractivity contribution in [3.63, 3.8) is 0 Å². The molecule has 0 N–H and O–H groups in total. The summed E-state index contributed by atoms with van der Waals surface area (Å²) in [6.07, 6.45) is 3.18. The van der Waals surface area contributed by atoms with Crippen molar-refractivity contribution in [1.82, 2.24) is 4.90 Å². The van der Waals surface area contributed by atoms with E-state index in [9.17, 15) is 4.79 Å². The predicted octanol–water partition coefficient (Wildman–Crippen LogP) is 2.49. The van der Waals surface area contributed by atoms with Gasteiger partial charge in [-0.3, -0.25) is 9.69 Å². The zero-order valence-electron chi connectivity index (χ0n) is 10.1. The molecule has 0 bridgehead atoms. The summed E-state index contributed by atoms with van der Waals surface area (Å²) in [6, 6.07) is 10.6. The summed E-state index contributed by atoms with van der Waals surface area (Å²) >= 11 is 0. The molecule has 0 spiro atoms. The van der Waals surface area contributed by atoms with Crippen molar-refractivity contribution >= 4 is 5.78 Å². The lowest BCUT2D eigenvalue weighted by Gasteiger charge is -2.21. The molecule has 2 nitrogen and oxygen atoms in total. The molecule has 0 unspecified atom stereocenters. The molecule has 2 heteroatoms. The van der Waals surface area contributed by atoms with Gasteiger partial charge >= 0.3 is 0 Å². The van der Waals surface area contributed by atoms with Crippen LogP contribution in [0.1, 0.15) is 24.8 Å². The number of nitrogens with zero attached hydrogens (tertiary/aromatic N) is 1.